The highest BCUT2D eigenvalue weighted by Crippen LogP contribution is 2.55. The minimum absolute atomic E-state index is 0.0620. The summed E-state index contributed by atoms with van der Waals surface area (Å²) in [6.45, 7) is 1.92. The van der Waals surface area contributed by atoms with Crippen LogP contribution in [0.1, 0.15) is 44.2 Å². The van der Waals surface area contributed by atoms with Gasteiger partial charge in [-0.3, -0.25) is 4.68 Å². The van der Waals surface area contributed by atoms with Crippen molar-refractivity contribution < 1.29 is 4.79 Å². The molecule has 1 aromatic rings. The zero-order chi connectivity index (χ0) is 14.6. The van der Waals surface area contributed by atoms with Crippen molar-refractivity contribution in [1.29, 1.82) is 0 Å². The summed E-state index contributed by atoms with van der Waals surface area (Å²) in [6.07, 6.45) is 9.57. The van der Waals surface area contributed by atoms with Gasteiger partial charge in [0.05, 0.1) is 11.4 Å². The summed E-state index contributed by atoms with van der Waals surface area (Å²) in [7, 11) is 1.87. The minimum atomic E-state index is -0.0620. The first-order valence-corrected chi connectivity index (χ1v) is 8.11. The van der Waals surface area contributed by atoms with Crippen LogP contribution in [0.3, 0.4) is 0 Å². The molecular weight excluding hydrogens is 264 g/mol. The van der Waals surface area contributed by atoms with Crippen LogP contribution >= 0.6 is 0 Å². The highest BCUT2D eigenvalue weighted by atomic mass is 16.2. The molecule has 114 valence electrons. The Bertz CT molecular complexity index is 542. The fourth-order valence-corrected chi connectivity index (χ4v) is 5.38. The first-order valence-electron chi connectivity index (χ1n) is 8.11. The van der Waals surface area contributed by atoms with E-state index in [4.69, 9.17) is 0 Å². The van der Waals surface area contributed by atoms with Crippen LogP contribution in [-0.2, 0) is 7.05 Å². The molecule has 21 heavy (non-hydrogen) atoms. The van der Waals surface area contributed by atoms with Gasteiger partial charge in [-0.05, 0) is 63.2 Å². The Kier molecular flexibility index (Phi) is 2.81. The fourth-order valence-electron chi connectivity index (χ4n) is 5.38. The zero-order valence-electron chi connectivity index (χ0n) is 12.9. The molecule has 0 aromatic carbocycles. The van der Waals surface area contributed by atoms with E-state index in [0.29, 0.717) is 0 Å². The van der Waals surface area contributed by atoms with E-state index in [1.807, 2.05) is 20.2 Å². The molecule has 4 fully saturated rings. The third-order valence-corrected chi connectivity index (χ3v) is 5.68. The number of aromatic nitrogens is 2. The normalized spacial score (nSPS) is 36.8. The molecule has 4 aliphatic rings. The summed E-state index contributed by atoms with van der Waals surface area (Å²) < 4.78 is 1.73. The average Bonchev–Trinajstić information content (AvgIpc) is 2.64. The molecule has 5 nitrogen and oxygen atoms in total. The number of nitrogens with one attached hydrogen (secondary N) is 2. The number of hydrogen-bond acceptors (Lipinski definition) is 2. The van der Waals surface area contributed by atoms with E-state index >= 15 is 0 Å². The van der Waals surface area contributed by atoms with E-state index in [0.717, 1.165) is 29.1 Å². The second-order valence-electron chi connectivity index (χ2n) is 7.58. The molecule has 4 aliphatic carbocycles. The molecule has 5 heteroatoms. The maximum atomic E-state index is 12.4. The van der Waals surface area contributed by atoms with E-state index in [-0.39, 0.29) is 11.6 Å². The van der Waals surface area contributed by atoms with Crippen LogP contribution in [0.4, 0.5) is 10.5 Å². The maximum absolute atomic E-state index is 12.4. The van der Waals surface area contributed by atoms with E-state index in [2.05, 4.69) is 15.7 Å². The predicted octanol–water partition coefficient (Wildman–Crippen LogP) is 2.82. The van der Waals surface area contributed by atoms with Gasteiger partial charge in [0, 0.05) is 18.8 Å². The van der Waals surface area contributed by atoms with Crippen LogP contribution in [0.5, 0.6) is 0 Å². The summed E-state index contributed by atoms with van der Waals surface area (Å²) in [6, 6.07) is -0.0620. The summed E-state index contributed by atoms with van der Waals surface area (Å²) in [5, 5.41) is 10.6. The lowest BCUT2D eigenvalue weighted by Gasteiger charge is -2.56. The number of carbonyl (C=O) groups excluding carboxylic acids is 1. The Balaban J connectivity index is 1.46. The number of amides is 2. The summed E-state index contributed by atoms with van der Waals surface area (Å²) in [4.78, 5) is 12.4. The van der Waals surface area contributed by atoms with Gasteiger partial charge in [0.2, 0.25) is 0 Å². The molecule has 0 unspecified atom stereocenters. The standard InChI is InChI=1S/C16H24N4O/c1-10-14(9-20(2)19-10)17-15(21)18-16-6-11-3-12(7-16)5-13(4-11)8-16/h9,11-13H,3-8H2,1-2H3,(H2,17,18,21). The molecule has 0 aliphatic heterocycles. The molecular formula is C16H24N4O. The quantitative estimate of drug-likeness (QED) is 0.879. The number of anilines is 1. The lowest BCUT2D eigenvalue weighted by molar-refractivity contribution is -0.0127. The van der Waals surface area contributed by atoms with Crippen LogP contribution in [-0.4, -0.2) is 21.4 Å². The molecule has 2 amide bonds. The van der Waals surface area contributed by atoms with Crippen LogP contribution in [0.15, 0.2) is 6.20 Å². The van der Waals surface area contributed by atoms with Crippen molar-refractivity contribution in [3.8, 4) is 0 Å². The van der Waals surface area contributed by atoms with E-state index in [9.17, 15) is 4.79 Å². The van der Waals surface area contributed by atoms with Crippen molar-refractivity contribution >= 4 is 11.7 Å². The van der Waals surface area contributed by atoms with Gasteiger partial charge in [0.15, 0.2) is 0 Å². The topological polar surface area (TPSA) is 59.0 Å². The van der Waals surface area contributed by atoms with Crippen molar-refractivity contribution in [3.05, 3.63) is 11.9 Å². The van der Waals surface area contributed by atoms with Crippen LogP contribution in [0.2, 0.25) is 0 Å². The molecule has 1 aromatic heterocycles. The number of aryl methyl sites for hydroxylation is 2. The minimum Gasteiger partial charge on any atom is -0.332 e. The average molecular weight is 288 g/mol. The van der Waals surface area contributed by atoms with Crippen molar-refractivity contribution in [2.24, 2.45) is 24.8 Å². The molecule has 0 spiro atoms. The van der Waals surface area contributed by atoms with Gasteiger partial charge >= 0.3 is 6.03 Å². The second kappa shape index (κ2) is 4.49. The van der Waals surface area contributed by atoms with Gasteiger partial charge in [-0.15, -0.1) is 0 Å². The summed E-state index contributed by atoms with van der Waals surface area (Å²) in [5.41, 5.74) is 1.73. The molecule has 0 radical (unpaired) electrons. The Morgan fingerprint density at radius 2 is 1.81 bits per heavy atom. The third-order valence-electron chi connectivity index (χ3n) is 5.68. The summed E-state index contributed by atoms with van der Waals surface area (Å²) >= 11 is 0. The number of rotatable bonds is 2. The van der Waals surface area contributed by atoms with Gasteiger partial charge in [-0.2, -0.15) is 5.10 Å². The third kappa shape index (κ3) is 2.32. The Hall–Kier alpha value is -1.52. The lowest BCUT2D eigenvalue weighted by Crippen LogP contribution is -2.60. The molecule has 0 saturated heterocycles. The first-order chi connectivity index (χ1) is 10.0. The van der Waals surface area contributed by atoms with Crippen molar-refractivity contribution in [2.75, 3.05) is 5.32 Å². The molecule has 0 atom stereocenters. The molecule has 1 heterocycles. The fraction of sp³-hybridized carbons (Fsp3) is 0.750. The number of urea groups is 1. The van der Waals surface area contributed by atoms with E-state index < -0.39 is 0 Å². The molecule has 4 bridgehead atoms. The second-order valence-corrected chi connectivity index (χ2v) is 7.58. The highest BCUT2D eigenvalue weighted by Gasteiger charge is 2.51. The predicted molar refractivity (Wildman–Crippen MR) is 81.0 cm³/mol. The lowest BCUT2D eigenvalue weighted by atomic mass is 9.53. The Morgan fingerprint density at radius 3 is 2.29 bits per heavy atom. The van der Waals surface area contributed by atoms with Gasteiger partial charge < -0.3 is 10.6 Å². The Morgan fingerprint density at radius 1 is 1.24 bits per heavy atom. The number of carbonyl (C=O) groups is 1. The van der Waals surface area contributed by atoms with Crippen molar-refractivity contribution in [2.45, 2.75) is 51.0 Å². The van der Waals surface area contributed by atoms with Crippen LogP contribution in [0.25, 0.3) is 0 Å². The zero-order valence-corrected chi connectivity index (χ0v) is 12.9. The molecule has 2 N–H and O–H groups in total. The smallest absolute Gasteiger partial charge is 0.319 e. The molecule has 5 rings (SSSR count). The maximum Gasteiger partial charge on any atom is 0.319 e. The highest BCUT2D eigenvalue weighted by molar-refractivity contribution is 5.90. The summed E-state index contributed by atoms with van der Waals surface area (Å²) in [5.74, 6) is 2.53. The van der Waals surface area contributed by atoms with Gasteiger partial charge in [-0.25, -0.2) is 4.79 Å². The van der Waals surface area contributed by atoms with E-state index in [1.165, 1.54) is 38.5 Å². The largest absolute Gasteiger partial charge is 0.332 e. The first kappa shape index (κ1) is 13.2. The SMILES string of the molecule is Cc1nn(C)cc1NC(=O)NC12CC3CC(CC(C3)C1)C2. The van der Waals surface area contributed by atoms with Gasteiger partial charge in [0.25, 0.3) is 0 Å². The monoisotopic (exact) mass is 288 g/mol. The van der Waals surface area contributed by atoms with Crippen molar-refractivity contribution in [3.63, 3.8) is 0 Å². The number of nitrogens with zero attached hydrogens (tertiary/aromatic N) is 2. The van der Waals surface area contributed by atoms with E-state index in [1.54, 1.807) is 4.68 Å². The molecule has 4 saturated carbocycles. The Labute approximate surface area is 125 Å². The number of hydrogen-bond donors (Lipinski definition) is 2. The van der Waals surface area contributed by atoms with Crippen molar-refractivity contribution in [1.82, 2.24) is 15.1 Å². The van der Waals surface area contributed by atoms with Crippen LogP contribution in [0, 0.1) is 24.7 Å². The van der Waals surface area contributed by atoms with Gasteiger partial charge in [0.1, 0.15) is 0 Å². The van der Waals surface area contributed by atoms with Crippen LogP contribution < -0.4 is 10.6 Å². The van der Waals surface area contributed by atoms with Gasteiger partial charge in [-0.1, -0.05) is 0 Å².